The van der Waals surface area contributed by atoms with Crippen LogP contribution in [0.25, 0.3) is 0 Å². The highest BCUT2D eigenvalue weighted by atomic mass is 35.5. The second-order valence-electron chi connectivity index (χ2n) is 3.67. The van der Waals surface area contributed by atoms with E-state index in [9.17, 15) is 9.59 Å². The van der Waals surface area contributed by atoms with Crippen molar-refractivity contribution < 1.29 is 14.7 Å². The quantitative estimate of drug-likeness (QED) is 0.775. The van der Waals surface area contributed by atoms with Gasteiger partial charge in [-0.3, -0.25) is 9.59 Å². The Morgan fingerprint density at radius 3 is 2.88 bits per heavy atom. The van der Waals surface area contributed by atoms with Gasteiger partial charge in [-0.15, -0.1) is 11.6 Å². The van der Waals surface area contributed by atoms with Crippen LogP contribution in [0.3, 0.4) is 0 Å². The Morgan fingerprint density at radius 2 is 2.19 bits per heavy atom. The van der Waals surface area contributed by atoms with Crippen molar-refractivity contribution in [3.63, 3.8) is 0 Å². The third-order valence-electron chi connectivity index (χ3n) is 2.53. The van der Waals surface area contributed by atoms with Crippen LogP contribution in [0.15, 0.2) is 18.2 Å². The smallest absolute Gasteiger partial charge is 0.326 e. The molecule has 16 heavy (non-hydrogen) atoms. The summed E-state index contributed by atoms with van der Waals surface area (Å²) >= 11 is 5.73. The number of hydrogen-bond donors (Lipinski definition) is 2. The molecule has 1 heterocycles. The number of amides is 1. The second kappa shape index (κ2) is 4.14. The number of carboxylic acid groups (broad SMARTS) is 1. The standard InChI is InChI=1S/C11H10ClNO3/c12-10(11(15)16)7-1-3-8-6(5-7)2-4-9(14)13-8/h1,3,5,10H,2,4H2,(H,13,14)(H,15,16). The first-order valence-electron chi connectivity index (χ1n) is 4.87. The Hall–Kier alpha value is -1.55. The fourth-order valence-electron chi connectivity index (χ4n) is 1.70. The summed E-state index contributed by atoms with van der Waals surface area (Å²) in [7, 11) is 0. The Morgan fingerprint density at radius 1 is 1.44 bits per heavy atom. The molecular weight excluding hydrogens is 230 g/mol. The van der Waals surface area contributed by atoms with Crippen LogP contribution in [0, 0.1) is 0 Å². The number of halogens is 1. The lowest BCUT2D eigenvalue weighted by Gasteiger charge is -2.18. The molecule has 5 heteroatoms. The van der Waals surface area contributed by atoms with Gasteiger partial charge in [-0.05, 0) is 23.6 Å². The maximum absolute atomic E-state index is 11.1. The lowest BCUT2D eigenvalue weighted by Crippen LogP contribution is -2.19. The number of anilines is 1. The molecule has 0 saturated carbocycles. The molecule has 2 N–H and O–H groups in total. The third kappa shape index (κ3) is 2.02. The monoisotopic (exact) mass is 239 g/mol. The molecule has 0 fully saturated rings. The fourth-order valence-corrected chi connectivity index (χ4v) is 1.84. The zero-order chi connectivity index (χ0) is 11.7. The Balaban J connectivity index is 2.33. The summed E-state index contributed by atoms with van der Waals surface area (Å²) in [6, 6.07) is 5.05. The van der Waals surface area contributed by atoms with E-state index in [0.717, 1.165) is 11.3 Å². The number of carboxylic acids is 1. The van der Waals surface area contributed by atoms with E-state index >= 15 is 0 Å². The van der Waals surface area contributed by atoms with Crippen LogP contribution in [0.1, 0.15) is 22.9 Å². The van der Waals surface area contributed by atoms with Gasteiger partial charge >= 0.3 is 5.97 Å². The van der Waals surface area contributed by atoms with Gasteiger partial charge < -0.3 is 10.4 Å². The van der Waals surface area contributed by atoms with Crippen molar-refractivity contribution in [3.8, 4) is 0 Å². The zero-order valence-corrected chi connectivity index (χ0v) is 9.12. The lowest BCUT2D eigenvalue weighted by molar-refractivity contribution is -0.136. The molecule has 2 rings (SSSR count). The van der Waals surface area contributed by atoms with Crippen molar-refractivity contribution in [2.75, 3.05) is 5.32 Å². The molecule has 0 bridgehead atoms. The van der Waals surface area contributed by atoms with Crippen molar-refractivity contribution in [3.05, 3.63) is 29.3 Å². The summed E-state index contributed by atoms with van der Waals surface area (Å²) in [6.07, 6.45) is 1.05. The predicted octanol–water partition coefficient (Wildman–Crippen LogP) is 1.94. The van der Waals surface area contributed by atoms with E-state index in [4.69, 9.17) is 16.7 Å². The molecule has 1 amide bonds. The average molecular weight is 240 g/mol. The predicted molar refractivity (Wildman–Crippen MR) is 59.6 cm³/mol. The summed E-state index contributed by atoms with van der Waals surface area (Å²) in [6.45, 7) is 0. The van der Waals surface area contributed by atoms with Crippen LogP contribution >= 0.6 is 11.6 Å². The van der Waals surface area contributed by atoms with Crippen molar-refractivity contribution in [2.24, 2.45) is 0 Å². The van der Waals surface area contributed by atoms with E-state index in [-0.39, 0.29) is 5.91 Å². The van der Waals surface area contributed by atoms with Crippen LogP contribution in [0.5, 0.6) is 0 Å². The molecule has 0 spiro atoms. The van der Waals surface area contributed by atoms with Gasteiger partial charge in [-0.25, -0.2) is 0 Å². The van der Waals surface area contributed by atoms with Gasteiger partial charge in [0.25, 0.3) is 0 Å². The average Bonchev–Trinajstić information content (AvgIpc) is 2.27. The maximum Gasteiger partial charge on any atom is 0.326 e. The first kappa shape index (κ1) is 11.0. The minimum atomic E-state index is -1.07. The number of aryl methyl sites for hydroxylation is 1. The molecular formula is C11H10ClNO3. The molecule has 4 nitrogen and oxygen atoms in total. The molecule has 1 aromatic carbocycles. The van der Waals surface area contributed by atoms with Crippen molar-refractivity contribution >= 4 is 29.2 Å². The van der Waals surface area contributed by atoms with Crippen molar-refractivity contribution in [1.82, 2.24) is 0 Å². The SMILES string of the molecule is O=C1CCc2cc(C(Cl)C(=O)O)ccc2N1. The number of carbonyl (C=O) groups excluding carboxylic acids is 1. The molecule has 1 unspecified atom stereocenters. The molecule has 1 aliphatic heterocycles. The Kier molecular flexibility index (Phi) is 2.83. The second-order valence-corrected chi connectivity index (χ2v) is 4.10. The number of aliphatic carboxylic acids is 1. The topological polar surface area (TPSA) is 66.4 Å². The summed E-state index contributed by atoms with van der Waals surface area (Å²) in [4.78, 5) is 21.8. The van der Waals surface area contributed by atoms with E-state index in [2.05, 4.69) is 5.32 Å². The van der Waals surface area contributed by atoms with Crippen LogP contribution in [0.4, 0.5) is 5.69 Å². The van der Waals surface area contributed by atoms with Gasteiger partial charge in [0.2, 0.25) is 5.91 Å². The highest BCUT2D eigenvalue weighted by molar-refractivity contribution is 6.29. The molecule has 0 aliphatic carbocycles. The lowest BCUT2D eigenvalue weighted by atomic mass is 9.99. The fraction of sp³-hybridized carbons (Fsp3) is 0.273. The molecule has 84 valence electrons. The van der Waals surface area contributed by atoms with E-state index in [0.29, 0.717) is 18.4 Å². The van der Waals surface area contributed by atoms with Gasteiger partial charge in [-0.1, -0.05) is 12.1 Å². The number of benzene rings is 1. The van der Waals surface area contributed by atoms with Gasteiger partial charge in [0.1, 0.15) is 0 Å². The van der Waals surface area contributed by atoms with Gasteiger partial charge in [0, 0.05) is 12.1 Å². The first-order chi connectivity index (χ1) is 7.58. The Bertz CT molecular complexity index is 459. The molecule has 0 aromatic heterocycles. The summed E-state index contributed by atoms with van der Waals surface area (Å²) < 4.78 is 0. The van der Waals surface area contributed by atoms with Crippen molar-refractivity contribution in [1.29, 1.82) is 0 Å². The van der Waals surface area contributed by atoms with E-state index in [1.54, 1.807) is 18.2 Å². The summed E-state index contributed by atoms with van der Waals surface area (Å²) in [5.74, 6) is -1.08. The van der Waals surface area contributed by atoms with Crippen LogP contribution in [-0.4, -0.2) is 17.0 Å². The molecule has 0 saturated heterocycles. The number of hydrogen-bond acceptors (Lipinski definition) is 2. The number of nitrogens with one attached hydrogen (secondary N) is 1. The largest absolute Gasteiger partial charge is 0.480 e. The minimum Gasteiger partial charge on any atom is -0.480 e. The summed E-state index contributed by atoms with van der Waals surface area (Å²) in [5.41, 5.74) is 2.22. The van der Waals surface area contributed by atoms with Gasteiger partial charge in [-0.2, -0.15) is 0 Å². The van der Waals surface area contributed by atoms with Crippen LogP contribution in [0.2, 0.25) is 0 Å². The zero-order valence-electron chi connectivity index (χ0n) is 8.37. The van der Waals surface area contributed by atoms with Gasteiger partial charge in [0.15, 0.2) is 5.38 Å². The van der Waals surface area contributed by atoms with E-state index in [1.807, 2.05) is 0 Å². The molecule has 1 atom stereocenters. The van der Waals surface area contributed by atoms with E-state index < -0.39 is 11.3 Å². The molecule has 1 aromatic rings. The number of rotatable bonds is 2. The van der Waals surface area contributed by atoms with Crippen LogP contribution in [-0.2, 0) is 16.0 Å². The third-order valence-corrected chi connectivity index (χ3v) is 2.97. The van der Waals surface area contributed by atoms with Gasteiger partial charge in [0.05, 0.1) is 0 Å². The highest BCUT2D eigenvalue weighted by Crippen LogP contribution is 2.28. The van der Waals surface area contributed by atoms with Crippen LogP contribution < -0.4 is 5.32 Å². The summed E-state index contributed by atoms with van der Waals surface area (Å²) in [5, 5.41) is 10.5. The number of alkyl halides is 1. The number of carbonyl (C=O) groups is 2. The molecule has 0 radical (unpaired) electrons. The normalized spacial score (nSPS) is 16.2. The van der Waals surface area contributed by atoms with Crippen molar-refractivity contribution in [2.45, 2.75) is 18.2 Å². The Labute approximate surface area is 97.2 Å². The maximum atomic E-state index is 11.1. The highest BCUT2D eigenvalue weighted by Gasteiger charge is 2.20. The minimum absolute atomic E-state index is 0.0130. The van der Waals surface area contributed by atoms with E-state index in [1.165, 1.54) is 0 Å². The number of fused-ring (bicyclic) bond motifs is 1. The molecule has 1 aliphatic rings. The first-order valence-corrected chi connectivity index (χ1v) is 5.31.